The van der Waals surface area contributed by atoms with Gasteiger partial charge in [0, 0.05) is 18.6 Å². The average molecular weight is 210 g/mol. The summed E-state index contributed by atoms with van der Waals surface area (Å²) >= 11 is 0. The van der Waals surface area contributed by atoms with Crippen molar-refractivity contribution in [3.05, 3.63) is 0 Å². The van der Waals surface area contributed by atoms with E-state index in [9.17, 15) is 0 Å². The van der Waals surface area contributed by atoms with Crippen molar-refractivity contribution in [2.75, 3.05) is 13.1 Å². The van der Waals surface area contributed by atoms with E-state index in [0.717, 1.165) is 12.0 Å². The van der Waals surface area contributed by atoms with Crippen molar-refractivity contribution >= 4 is 0 Å². The summed E-state index contributed by atoms with van der Waals surface area (Å²) in [6.07, 6.45) is 9.46. The molecule has 0 amide bonds. The van der Waals surface area contributed by atoms with Crippen LogP contribution in [-0.4, -0.2) is 30.1 Å². The molecule has 88 valence electrons. The second kappa shape index (κ2) is 5.31. The van der Waals surface area contributed by atoms with Gasteiger partial charge in [-0.1, -0.05) is 13.3 Å². The van der Waals surface area contributed by atoms with Gasteiger partial charge in [0.1, 0.15) is 0 Å². The van der Waals surface area contributed by atoms with E-state index in [1.807, 2.05) is 0 Å². The molecule has 1 atom stereocenters. The molecule has 0 aromatic carbocycles. The Kier molecular flexibility index (Phi) is 4.04. The van der Waals surface area contributed by atoms with Crippen LogP contribution in [0.1, 0.15) is 51.9 Å². The second-order valence-electron chi connectivity index (χ2n) is 5.51. The molecule has 0 aromatic rings. The van der Waals surface area contributed by atoms with Crippen LogP contribution in [-0.2, 0) is 0 Å². The van der Waals surface area contributed by atoms with E-state index in [4.69, 9.17) is 5.73 Å². The van der Waals surface area contributed by atoms with Crippen LogP contribution in [0.2, 0.25) is 0 Å². The number of rotatable bonds is 8. The summed E-state index contributed by atoms with van der Waals surface area (Å²) in [6.45, 7) is 4.84. The molecule has 0 aromatic heterocycles. The van der Waals surface area contributed by atoms with Gasteiger partial charge < -0.3 is 10.6 Å². The van der Waals surface area contributed by atoms with Crippen molar-refractivity contribution in [3.8, 4) is 0 Å². The monoisotopic (exact) mass is 210 g/mol. The van der Waals surface area contributed by atoms with Crippen LogP contribution in [0.5, 0.6) is 0 Å². The van der Waals surface area contributed by atoms with E-state index in [2.05, 4.69) is 11.8 Å². The average Bonchev–Trinajstić information content (AvgIpc) is 3.02. The van der Waals surface area contributed by atoms with Crippen molar-refractivity contribution in [2.24, 2.45) is 11.7 Å². The quantitative estimate of drug-likeness (QED) is 0.666. The zero-order valence-electron chi connectivity index (χ0n) is 10.1. The van der Waals surface area contributed by atoms with Crippen molar-refractivity contribution < 1.29 is 0 Å². The Hall–Kier alpha value is -0.0800. The lowest BCUT2D eigenvalue weighted by atomic mass is 10.1. The first-order chi connectivity index (χ1) is 7.29. The van der Waals surface area contributed by atoms with E-state index in [0.29, 0.717) is 6.04 Å². The van der Waals surface area contributed by atoms with Crippen LogP contribution in [0, 0.1) is 5.92 Å². The van der Waals surface area contributed by atoms with Crippen molar-refractivity contribution in [1.29, 1.82) is 0 Å². The van der Waals surface area contributed by atoms with Gasteiger partial charge in [0.05, 0.1) is 0 Å². The first-order valence-corrected chi connectivity index (χ1v) is 6.79. The van der Waals surface area contributed by atoms with Crippen molar-refractivity contribution in [2.45, 2.75) is 64.0 Å². The highest BCUT2D eigenvalue weighted by Crippen LogP contribution is 2.34. The number of nitrogens with two attached hydrogens (primary N) is 1. The molecule has 2 nitrogen and oxygen atoms in total. The van der Waals surface area contributed by atoms with Crippen molar-refractivity contribution in [3.63, 3.8) is 0 Å². The molecule has 2 aliphatic carbocycles. The Labute approximate surface area is 94.2 Å². The molecule has 0 saturated heterocycles. The minimum absolute atomic E-state index is 0.440. The molecule has 2 aliphatic rings. The molecule has 2 rings (SSSR count). The highest BCUT2D eigenvalue weighted by atomic mass is 15.2. The maximum absolute atomic E-state index is 6.07. The lowest BCUT2D eigenvalue weighted by Crippen LogP contribution is -2.33. The third kappa shape index (κ3) is 4.12. The van der Waals surface area contributed by atoms with E-state index in [-0.39, 0.29) is 0 Å². The molecular formula is C13H26N2. The Morgan fingerprint density at radius 2 is 1.93 bits per heavy atom. The molecule has 0 radical (unpaired) electrons. The van der Waals surface area contributed by atoms with Crippen molar-refractivity contribution in [1.82, 2.24) is 4.90 Å². The summed E-state index contributed by atoms with van der Waals surface area (Å²) in [6, 6.07) is 1.37. The third-order valence-corrected chi connectivity index (χ3v) is 3.70. The van der Waals surface area contributed by atoms with Crippen LogP contribution in [0.15, 0.2) is 0 Å². The summed E-state index contributed by atoms with van der Waals surface area (Å²) in [5, 5.41) is 0. The summed E-state index contributed by atoms with van der Waals surface area (Å²) in [5.74, 6) is 1.04. The van der Waals surface area contributed by atoms with Gasteiger partial charge in [0.25, 0.3) is 0 Å². The highest BCUT2D eigenvalue weighted by Gasteiger charge is 2.33. The normalized spacial score (nSPS) is 23.4. The van der Waals surface area contributed by atoms with Gasteiger partial charge in [-0.25, -0.2) is 0 Å². The standard InChI is InChI=1S/C13H26N2/c1-2-3-12(14)8-9-15(13-6-7-13)10-11-4-5-11/h11-13H,2-10,14H2,1H3. The van der Waals surface area contributed by atoms with Gasteiger partial charge >= 0.3 is 0 Å². The maximum atomic E-state index is 6.07. The molecule has 15 heavy (non-hydrogen) atoms. The Morgan fingerprint density at radius 1 is 1.20 bits per heavy atom. The fourth-order valence-electron chi connectivity index (χ4n) is 2.34. The third-order valence-electron chi connectivity index (χ3n) is 3.70. The van der Waals surface area contributed by atoms with Gasteiger partial charge in [-0.15, -0.1) is 0 Å². The van der Waals surface area contributed by atoms with E-state index < -0.39 is 0 Å². The maximum Gasteiger partial charge on any atom is 0.00965 e. The smallest absolute Gasteiger partial charge is 0.00965 e. The minimum atomic E-state index is 0.440. The predicted octanol–water partition coefficient (Wildman–Crippen LogP) is 2.38. The summed E-state index contributed by atoms with van der Waals surface area (Å²) in [4.78, 5) is 2.72. The van der Waals surface area contributed by atoms with Crippen LogP contribution in [0.25, 0.3) is 0 Å². The highest BCUT2D eigenvalue weighted by molar-refractivity contribution is 4.88. The fraction of sp³-hybridized carbons (Fsp3) is 1.00. The molecule has 0 aliphatic heterocycles. The van der Waals surface area contributed by atoms with Gasteiger partial charge in [-0.3, -0.25) is 0 Å². The Bertz CT molecular complexity index is 185. The fourth-order valence-corrected chi connectivity index (χ4v) is 2.34. The molecule has 2 fully saturated rings. The van der Waals surface area contributed by atoms with E-state index >= 15 is 0 Å². The Morgan fingerprint density at radius 3 is 2.47 bits per heavy atom. The topological polar surface area (TPSA) is 29.3 Å². The molecule has 1 unspecified atom stereocenters. The van der Waals surface area contributed by atoms with Crippen LogP contribution in [0.3, 0.4) is 0 Å². The SMILES string of the molecule is CCCC(N)CCN(CC1CC1)C1CC1. The number of nitrogens with zero attached hydrogens (tertiary/aromatic N) is 1. The van der Waals surface area contributed by atoms with Gasteiger partial charge in [-0.2, -0.15) is 0 Å². The first-order valence-electron chi connectivity index (χ1n) is 6.79. The van der Waals surface area contributed by atoms with Crippen LogP contribution >= 0.6 is 0 Å². The zero-order chi connectivity index (χ0) is 10.7. The lowest BCUT2D eigenvalue weighted by molar-refractivity contribution is 0.241. The lowest BCUT2D eigenvalue weighted by Gasteiger charge is -2.23. The molecule has 0 bridgehead atoms. The minimum Gasteiger partial charge on any atom is -0.328 e. The van der Waals surface area contributed by atoms with E-state index in [1.54, 1.807) is 0 Å². The molecule has 2 heteroatoms. The number of hydrogen-bond acceptors (Lipinski definition) is 2. The molecule has 0 heterocycles. The summed E-state index contributed by atoms with van der Waals surface area (Å²) in [5.41, 5.74) is 6.07. The Balaban J connectivity index is 1.64. The summed E-state index contributed by atoms with van der Waals surface area (Å²) in [7, 11) is 0. The van der Waals surface area contributed by atoms with Crippen LogP contribution in [0.4, 0.5) is 0 Å². The first kappa shape index (κ1) is 11.4. The predicted molar refractivity (Wildman–Crippen MR) is 64.8 cm³/mol. The summed E-state index contributed by atoms with van der Waals surface area (Å²) < 4.78 is 0. The molecule has 2 saturated carbocycles. The number of hydrogen-bond donors (Lipinski definition) is 1. The molecule has 2 N–H and O–H groups in total. The largest absolute Gasteiger partial charge is 0.328 e. The second-order valence-corrected chi connectivity index (χ2v) is 5.51. The van der Waals surface area contributed by atoms with Gasteiger partial charge in [0.2, 0.25) is 0 Å². The van der Waals surface area contributed by atoms with Gasteiger partial charge in [-0.05, 0) is 51.0 Å². The zero-order valence-corrected chi connectivity index (χ0v) is 10.1. The van der Waals surface area contributed by atoms with Gasteiger partial charge in [0.15, 0.2) is 0 Å². The van der Waals surface area contributed by atoms with Crippen LogP contribution < -0.4 is 5.73 Å². The molecular weight excluding hydrogens is 184 g/mol. The molecule has 0 spiro atoms. The van der Waals surface area contributed by atoms with E-state index in [1.165, 1.54) is 58.0 Å².